The summed E-state index contributed by atoms with van der Waals surface area (Å²) in [5, 5.41) is 7.46. The summed E-state index contributed by atoms with van der Waals surface area (Å²) >= 11 is 8.12. The summed E-state index contributed by atoms with van der Waals surface area (Å²) in [5.74, 6) is -0.0622. The summed E-state index contributed by atoms with van der Waals surface area (Å²) in [4.78, 5) is 14.9. The highest BCUT2D eigenvalue weighted by Gasteiger charge is 2.38. The van der Waals surface area contributed by atoms with Crippen LogP contribution in [0.5, 0.6) is 0 Å². The normalized spacial score (nSPS) is 18.6. The van der Waals surface area contributed by atoms with Gasteiger partial charge in [-0.25, -0.2) is 0 Å². The van der Waals surface area contributed by atoms with Crippen molar-refractivity contribution < 1.29 is 4.79 Å². The molecule has 2 aromatic carbocycles. The minimum absolute atomic E-state index is 0.00855. The summed E-state index contributed by atoms with van der Waals surface area (Å²) in [6, 6.07) is 13.9. The third-order valence-corrected chi connectivity index (χ3v) is 6.71. The van der Waals surface area contributed by atoms with Gasteiger partial charge in [-0.05, 0) is 77.3 Å². The summed E-state index contributed by atoms with van der Waals surface area (Å²) in [7, 11) is 0. The molecule has 5 heteroatoms. The van der Waals surface area contributed by atoms with Gasteiger partial charge in [-0.2, -0.15) is 0 Å². The van der Waals surface area contributed by atoms with Crippen LogP contribution in [0.3, 0.4) is 0 Å². The average Bonchev–Trinajstić information content (AvgIpc) is 2.55. The number of carbonyl (C=O) groups is 1. The number of benzene rings is 2. The van der Waals surface area contributed by atoms with Crippen LogP contribution in [-0.2, 0) is 0 Å². The lowest BCUT2D eigenvalue weighted by Crippen LogP contribution is -2.62. The molecule has 1 aliphatic rings. The minimum Gasteiger partial charge on any atom is -0.349 e. The molecule has 0 spiro atoms. The van der Waals surface area contributed by atoms with Crippen molar-refractivity contribution in [3.8, 4) is 0 Å². The van der Waals surface area contributed by atoms with Gasteiger partial charge in [-0.15, -0.1) is 0 Å². The Morgan fingerprint density at radius 3 is 2.32 bits per heavy atom. The van der Waals surface area contributed by atoms with Gasteiger partial charge in [-0.1, -0.05) is 41.6 Å². The van der Waals surface area contributed by atoms with E-state index in [9.17, 15) is 4.79 Å². The zero-order chi connectivity index (χ0) is 20.5. The topological polar surface area (TPSA) is 41.1 Å². The van der Waals surface area contributed by atoms with Crippen molar-refractivity contribution in [1.82, 2.24) is 10.6 Å². The van der Waals surface area contributed by atoms with E-state index in [1.807, 2.05) is 24.3 Å². The first-order valence-corrected chi connectivity index (χ1v) is 10.9. The molecule has 150 valence electrons. The lowest BCUT2D eigenvalue weighted by Gasteiger charge is -2.46. The highest BCUT2D eigenvalue weighted by molar-refractivity contribution is 7.99. The predicted octanol–water partition coefficient (Wildman–Crippen LogP) is 5.84. The van der Waals surface area contributed by atoms with Crippen LogP contribution < -0.4 is 10.6 Å². The lowest BCUT2D eigenvalue weighted by molar-refractivity contribution is 0.0873. The number of nitrogens with one attached hydrogen (secondary N) is 2. The zero-order valence-electron chi connectivity index (χ0n) is 17.2. The number of halogens is 1. The van der Waals surface area contributed by atoms with Gasteiger partial charge in [0.1, 0.15) is 0 Å². The standard InChI is InChI=1S/C23H29ClN2OS/c1-15-8-6-7-9-19(15)28-20-11-10-16(12-18(20)24)21(27)25-17-13-22(2,3)26-23(4,5)14-17/h6-12,17,26H,13-14H2,1-5H3,(H,25,27). The number of piperidine rings is 1. The summed E-state index contributed by atoms with van der Waals surface area (Å²) in [5.41, 5.74) is 1.80. The van der Waals surface area contributed by atoms with Crippen molar-refractivity contribution in [2.24, 2.45) is 0 Å². The third-order valence-electron chi connectivity index (χ3n) is 5.03. The van der Waals surface area contributed by atoms with Crippen LogP contribution in [-0.4, -0.2) is 23.0 Å². The van der Waals surface area contributed by atoms with E-state index in [1.165, 1.54) is 10.5 Å². The van der Waals surface area contributed by atoms with Crippen molar-refractivity contribution in [3.05, 3.63) is 58.6 Å². The maximum absolute atomic E-state index is 12.8. The van der Waals surface area contributed by atoms with Crippen LogP contribution in [0.15, 0.2) is 52.3 Å². The van der Waals surface area contributed by atoms with E-state index >= 15 is 0 Å². The van der Waals surface area contributed by atoms with E-state index in [0.717, 1.165) is 17.7 Å². The van der Waals surface area contributed by atoms with Gasteiger partial charge in [0.05, 0.1) is 5.02 Å². The fourth-order valence-corrected chi connectivity index (χ4v) is 5.41. The Kier molecular flexibility index (Phi) is 6.14. The van der Waals surface area contributed by atoms with Crippen molar-refractivity contribution >= 4 is 29.3 Å². The Hall–Kier alpha value is -1.49. The van der Waals surface area contributed by atoms with Crippen molar-refractivity contribution in [2.45, 2.75) is 74.4 Å². The SMILES string of the molecule is Cc1ccccc1Sc1ccc(C(=O)NC2CC(C)(C)NC(C)(C)C2)cc1Cl. The number of rotatable bonds is 4. The van der Waals surface area contributed by atoms with Gasteiger partial charge >= 0.3 is 0 Å². The van der Waals surface area contributed by atoms with Crippen LogP contribution in [0.1, 0.15) is 56.5 Å². The van der Waals surface area contributed by atoms with Crippen molar-refractivity contribution in [1.29, 1.82) is 0 Å². The molecule has 0 aliphatic carbocycles. The largest absolute Gasteiger partial charge is 0.349 e. The molecule has 0 unspecified atom stereocenters. The van der Waals surface area contributed by atoms with Crippen LogP contribution in [0, 0.1) is 6.92 Å². The number of hydrogen-bond donors (Lipinski definition) is 2. The first-order valence-electron chi connectivity index (χ1n) is 9.68. The molecular formula is C23H29ClN2OS. The van der Waals surface area contributed by atoms with E-state index in [4.69, 9.17) is 11.6 Å². The molecule has 1 fully saturated rings. The highest BCUT2D eigenvalue weighted by Crippen LogP contribution is 2.35. The number of hydrogen-bond acceptors (Lipinski definition) is 3. The van der Waals surface area contributed by atoms with Gasteiger partial charge in [0.2, 0.25) is 0 Å². The summed E-state index contributed by atoms with van der Waals surface area (Å²) in [6.07, 6.45) is 1.80. The Labute approximate surface area is 177 Å². The molecule has 0 saturated carbocycles. The molecule has 1 amide bonds. The van der Waals surface area contributed by atoms with Gasteiger partial charge in [0.25, 0.3) is 5.91 Å². The molecule has 0 atom stereocenters. The molecule has 28 heavy (non-hydrogen) atoms. The first-order chi connectivity index (χ1) is 13.0. The number of carbonyl (C=O) groups excluding carboxylic acids is 1. The highest BCUT2D eigenvalue weighted by atomic mass is 35.5. The molecule has 3 nitrogen and oxygen atoms in total. The number of aryl methyl sites for hydroxylation is 1. The molecule has 1 heterocycles. The molecular weight excluding hydrogens is 388 g/mol. The van der Waals surface area contributed by atoms with Crippen molar-refractivity contribution in [2.75, 3.05) is 0 Å². The first kappa shape index (κ1) is 21.2. The predicted molar refractivity (Wildman–Crippen MR) is 119 cm³/mol. The quantitative estimate of drug-likeness (QED) is 0.657. The van der Waals surface area contributed by atoms with Crippen LogP contribution >= 0.6 is 23.4 Å². The third kappa shape index (κ3) is 5.31. The smallest absolute Gasteiger partial charge is 0.251 e. The molecule has 3 rings (SSSR count). The Morgan fingerprint density at radius 1 is 1.07 bits per heavy atom. The zero-order valence-corrected chi connectivity index (χ0v) is 18.8. The molecule has 1 saturated heterocycles. The summed E-state index contributed by atoms with van der Waals surface area (Å²) in [6.45, 7) is 10.8. The maximum Gasteiger partial charge on any atom is 0.251 e. The second-order valence-corrected chi connectivity index (χ2v) is 10.5. The van der Waals surface area contributed by atoms with Gasteiger partial charge in [-0.3, -0.25) is 4.79 Å². The fourth-order valence-electron chi connectivity index (χ4n) is 4.21. The average molecular weight is 417 g/mol. The fraction of sp³-hybridized carbons (Fsp3) is 0.435. The van der Waals surface area contributed by atoms with Crippen LogP contribution in [0.2, 0.25) is 5.02 Å². The lowest BCUT2D eigenvalue weighted by atomic mass is 9.79. The van der Waals surface area contributed by atoms with E-state index in [2.05, 4.69) is 57.4 Å². The Balaban J connectivity index is 1.71. The maximum atomic E-state index is 12.8. The Morgan fingerprint density at radius 2 is 1.71 bits per heavy atom. The molecule has 0 bridgehead atoms. The molecule has 0 radical (unpaired) electrons. The monoisotopic (exact) mass is 416 g/mol. The van der Waals surface area contributed by atoms with E-state index in [1.54, 1.807) is 17.8 Å². The second kappa shape index (κ2) is 8.10. The van der Waals surface area contributed by atoms with E-state index in [-0.39, 0.29) is 23.0 Å². The van der Waals surface area contributed by atoms with E-state index < -0.39 is 0 Å². The molecule has 1 aliphatic heterocycles. The molecule has 0 aromatic heterocycles. The second-order valence-electron chi connectivity index (χ2n) is 8.98. The minimum atomic E-state index is -0.0622. The Bertz CT molecular complexity index is 863. The van der Waals surface area contributed by atoms with Crippen LogP contribution in [0.25, 0.3) is 0 Å². The van der Waals surface area contributed by atoms with Gasteiger partial charge in [0.15, 0.2) is 0 Å². The van der Waals surface area contributed by atoms with Gasteiger partial charge < -0.3 is 10.6 Å². The number of amides is 1. The molecule has 2 aromatic rings. The van der Waals surface area contributed by atoms with Crippen molar-refractivity contribution in [3.63, 3.8) is 0 Å². The van der Waals surface area contributed by atoms with Gasteiger partial charge in [0, 0.05) is 32.5 Å². The molecule has 2 N–H and O–H groups in total. The summed E-state index contributed by atoms with van der Waals surface area (Å²) < 4.78 is 0. The van der Waals surface area contributed by atoms with Crippen LogP contribution in [0.4, 0.5) is 0 Å². The van der Waals surface area contributed by atoms with E-state index in [0.29, 0.717) is 10.6 Å².